The molecule has 1 saturated carbocycles. The first-order valence-corrected chi connectivity index (χ1v) is 6.83. The first-order chi connectivity index (χ1) is 8.76. The Bertz CT molecular complexity index is 466. The minimum atomic E-state index is 0.796. The summed E-state index contributed by atoms with van der Waals surface area (Å²) in [6.07, 6.45) is 7.53. The van der Waals surface area contributed by atoms with Crippen LogP contribution in [0, 0.1) is 24.7 Å². The molecule has 0 heterocycles. The van der Waals surface area contributed by atoms with E-state index in [9.17, 15) is 0 Å². The van der Waals surface area contributed by atoms with E-state index in [0.717, 1.165) is 35.7 Å². The van der Waals surface area contributed by atoms with Gasteiger partial charge in [0.15, 0.2) is 0 Å². The third-order valence-electron chi connectivity index (χ3n) is 4.33. The molecule has 0 saturated heterocycles. The Hall–Kier alpha value is -1.44. The number of hydrogen-bond donors (Lipinski definition) is 1. The fourth-order valence-corrected chi connectivity index (χ4v) is 3.33. The number of rotatable bonds is 4. The van der Waals surface area contributed by atoms with Crippen molar-refractivity contribution in [3.63, 3.8) is 0 Å². The highest BCUT2D eigenvalue weighted by Gasteiger charge is 2.35. The van der Waals surface area contributed by atoms with Crippen LogP contribution in [0.25, 0.3) is 0 Å². The molecule has 0 radical (unpaired) electrons. The highest BCUT2D eigenvalue weighted by atomic mass is 16.5. The summed E-state index contributed by atoms with van der Waals surface area (Å²) in [5, 5.41) is 3.57. The van der Waals surface area contributed by atoms with Crippen LogP contribution in [0.1, 0.15) is 18.4 Å². The summed E-state index contributed by atoms with van der Waals surface area (Å²) in [5.74, 6) is 3.39. The predicted octanol–water partition coefficient (Wildman–Crippen LogP) is 3.63. The second-order valence-corrected chi connectivity index (χ2v) is 5.62. The molecule has 3 unspecified atom stereocenters. The summed E-state index contributed by atoms with van der Waals surface area (Å²) in [4.78, 5) is 0. The highest BCUT2D eigenvalue weighted by Crippen LogP contribution is 2.43. The molecular formula is C16H21NO. The lowest BCUT2D eigenvalue weighted by atomic mass is 9.93. The van der Waals surface area contributed by atoms with Gasteiger partial charge in [0.25, 0.3) is 0 Å². The number of nitrogens with one attached hydrogen (secondary N) is 1. The Balaban J connectivity index is 1.66. The van der Waals surface area contributed by atoms with Crippen LogP contribution in [-0.2, 0) is 0 Å². The molecule has 1 aromatic rings. The molecule has 1 N–H and O–H groups in total. The van der Waals surface area contributed by atoms with Gasteiger partial charge in [-0.15, -0.1) is 0 Å². The average Bonchev–Trinajstić information content (AvgIpc) is 2.98. The van der Waals surface area contributed by atoms with Gasteiger partial charge in [0.2, 0.25) is 0 Å². The summed E-state index contributed by atoms with van der Waals surface area (Å²) < 4.78 is 5.40. The van der Waals surface area contributed by atoms with E-state index >= 15 is 0 Å². The molecular weight excluding hydrogens is 222 g/mol. The zero-order valence-electron chi connectivity index (χ0n) is 11.1. The van der Waals surface area contributed by atoms with E-state index in [1.807, 2.05) is 6.07 Å². The van der Waals surface area contributed by atoms with Crippen LogP contribution in [0.2, 0.25) is 0 Å². The topological polar surface area (TPSA) is 21.3 Å². The maximum Gasteiger partial charge on any atom is 0.141 e. The maximum absolute atomic E-state index is 5.40. The van der Waals surface area contributed by atoms with E-state index in [2.05, 4.69) is 36.5 Å². The van der Waals surface area contributed by atoms with E-state index < -0.39 is 0 Å². The Labute approximate surface area is 109 Å². The first kappa shape index (κ1) is 11.6. The van der Waals surface area contributed by atoms with Crippen LogP contribution in [0.15, 0.2) is 30.4 Å². The highest BCUT2D eigenvalue weighted by molar-refractivity contribution is 5.58. The van der Waals surface area contributed by atoms with E-state index in [1.165, 1.54) is 18.4 Å². The lowest BCUT2D eigenvalue weighted by molar-refractivity contribution is 0.415. The van der Waals surface area contributed by atoms with Crippen LogP contribution in [0.4, 0.5) is 5.69 Å². The van der Waals surface area contributed by atoms with Gasteiger partial charge in [0, 0.05) is 6.54 Å². The van der Waals surface area contributed by atoms with Gasteiger partial charge in [0.05, 0.1) is 12.8 Å². The van der Waals surface area contributed by atoms with Crippen LogP contribution in [0.3, 0.4) is 0 Å². The number of ether oxygens (including phenoxy) is 1. The lowest BCUT2D eigenvalue weighted by Gasteiger charge is -2.20. The molecule has 0 aromatic heterocycles. The number of hydrogen-bond acceptors (Lipinski definition) is 2. The van der Waals surface area contributed by atoms with Gasteiger partial charge in [-0.25, -0.2) is 0 Å². The number of aryl methyl sites for hydroxylation is 1. The summed E-state index contributed by atoms with van der Waals surface area (Å²) in [6.45, 7) is 3.18. The van der Waals surface area contributed by atoms with Crippen molar-refractivity contribution < 1.29 is 4.74 Å². The monoisotopic (exact) mass is 243 g/mol. The normalized spacial score (nSPS) is 28.7. The third kappa shape index (κ3) is 2.12. The molecule has 2 heteroatoms. The Morgan fingerprint density at radius 2 is 2.17 bits per heavy atom. The van der Waals surface area contributed by atoms with E-state index in [1.54, 1.807) is 7.11 Å². The first-order valence-electron chi connectivity index (χ1n) is 6.83. The Kier molecular flexibility index (Phi) is 3.02. The van der Waals surface area contributed by atoms with Gasteiger partial charge in [0.1, 0.15) is 5.75 Å². The quantitative estimate of drug-likeness (QED) is 0.815. The maximum atomic E-state index is 5.40. The van der Waals surface area contributed by atoms with Gasteiger partial charge in [-0.1, -0.05) is 18.2 Å². The van der Waals surface area contributed by atoms with Crippen molar-refractivity contribution in [1.29, 1.82) is 0 Å². The number of benzene rings is 1. The number of anilines is 1. The second-order valence-electron chi connectivity index (χ2n) is 5.62. The standard InChI is InChI=1S/C16H21NO/c1-11-3-6-16(18-2)15(7-11)17-10-14-9-12-4-5-13(14)8-12/h3-7,12-14,17H,8-10H2,1-2H3. The van der Waals surface area contributed by atoms with Gasteiger partial charge >= 0.3 is 0 Å². The number of methoxy groups -OCH3 is 1. The molecule has 2 nitrogen and oxygen atoms in total. The lowest BCUT2D eigenvalue weighted by Crippen LogP contribution is -2.18. The van der Waals surface area contributed by atoms with Crippen molar-refractivity contribution in [1.82, 2.24) is 0 Å². The van der Waals surface area contributed by atoms with Crippen molar-refractivity contribution in [2.45, 2.75) is 19.8 Å². The molecule has 1 aromatic carbocycles. The van der Waals surface area contributed by atoms with E-state index in [0.29, 0.717) is 0 Å². The van der Waals surface area contributed by atoms with Crippen molar-refractivity contribution in [3.05, 3.63) is 35.9 Å². The van der Waals surface area contributed by atoms with Gasteiger partial charge < -0.3 is 10.1 Å². The van der Waals surface area contributed by atoms with Crippen molar-refractivity contribution in [2.75, 3.05) is 19.0 Å². The van der Waals surface area contributed by atoms with Crippen molar-refractivity contribution >= 4 is 5.69 Å². The molecule has 3 rings (SSSR count). The van der Waals surface area contributed by atoms with Crippen LogP contribution in [-0.4, -0.2) is 13.7 Å². The van der Waals surface area contributed by atoms with Crippen molar-refractivity contribution in [3.8, 4) is 5.75 Å². The molecule has 96 valence electrons. The zero-order chi connectivity index (χ0) is 12.5. The summed E-state index contributed by atoms with van der Waals surface area (Å²) in [6, 6.07) is 6.30. The summed E-state index contributed by atoms with van der Waals surface area (Å²) >= 11 is 0. The van der Waals surface area contributed by atoms with Crippen molar-refractivity contribution in [2.24, 2.45) is 17.8 Å². The molecule has 0 spiro atoms. The summed E-state index contributed by atoms with van der Waals surface area (Å²) in [5.41, 5.74) is 2.40. The predicted molar refractivity (Wildman–Crippen MR) is 75.1 cm³/mol. The Morgan fingerprint density at radius 1 is 1.28 bits per heavy atom. The van der Waals surface area contributed by atoms with E-state index in [4.69, 9.17) is 4.74 Å². The zero-order valence-corrected chi connectivity index (χ0v) is 11.1. The minimum absolute atomic E-state index is 0.796. The molecule has 0 amide bonds. The van der Waals surface area contributed by atoms with Gasteiger partial charge in [-0.3, -0.25) is 0 Å². The Morgan fingerprint density at radius 3 is 2.83 bits per heavy atom. The van der Waals surface area contributed by atoms with Crippen LogP contribution in [0.5, 0.6) is 5.75 Å². The fourth-order valence-electron chi connectivity index (χ4n) is 3.33. The van der Waals surface area contributed by atoms with Crippen LogP contribution >= 0.6 is 0 Å². The second kappa shape index (κ2) is 4.68. The molecule has 3 atom stereocenters. The molecule has 0 aliphatic heterocycles. The minimum Gasteiger partial charge on any atom is -0.495 e. The molecule has 18 heavy (non-hydrogen) atoms. The third-order valence-corrected chi connectivity index (χ3v) is 4.33. The number of fused-ring (bicyclic) bond motifs is 2. The number of allylic oxidation sites excluding steroid dienone is 2. The van der Waals surface area contributed by atoms with Gasteiger partial charge in [-0.2, -0.15) is 0 Å². The van der Waals surface area contributed by atoms with E-state index in [-0.39, 0.29) is 0 Å². The fraction of sp³-hybridized carbons (Fsp3) is 0.500. The molecule has 2 bridgehead atoms. The molecule has 2 aliphatic carbocycles. The van der Waals surface area contributed by atoms with Gasteiger partial charge in [-0.05, 0) is 55.2 Å². The molecule has 2 aliphatic rings. The molecule has 1 fully saturated rings. The smallest absolute Gasteiger partial charge is 0.141 e. The largest absolute Gasteiger partial charge is 0.495 e. The average molecular weight is 243 g/mol. The summed E-state index contributed by atoms with van der Waals surface area (Å²) in [7, 11) is 1.73. The van der Waals surface area contributed by atoms with Crippen LogP contribution < -0.4 is 10.1 Å². The SMILES string of the molecule is COc1ccc(C)cc1NCC1CC2C=CC1C2.